The molecular formula is C17H25N5O3. The summed E-state index contributed by atoms with van der Waals surface area (Å²) in [5.41, 5.74) is 0.866. The van der Waals surface area contributed by atoms with Gasteiger partial charge >= 0.3 is 0 Å². The van der Waals surface area contributed by atoms with Crippen LogP contribution in [0.1, 0.15) is 25.5 Å². The minimum atomic E-state index is -0.0935. The maximum absolute atomic E-state index is 12.6. The third kappa shape index (κ3) is 4.18. The van der Waals surface area contributed by atoms with Crippen molar-refractivity contribution >= 4 is 17.8 Å². The molecule has 0 bridgehead atoms. The number of piperazine rings is 1. The van der Waals surface area contributed by atoms with E-state index >= 15 is 0 Å². The Morgan fingerprint density at radius 3 is 2.72 bits per heavy atom. The second-order valence-corrected chi connectivity index (χ2v) is 6.43. The van der Waals surface area contributed by atoms with Gasteiger partial charge in [0.05, 0.1) is 12.5 Å². The first kappa shape index (κ1) is 17.4. The van der Waals surface area contributed by atoms with E-state index in [0.29, 0.717) is 64.0 Å². The van der Waals surface area contributed by atoms with Crippen molar-refractivity contribution in [3.63, 3.8) is 0 Å². The maximum Gasteiger partial charge on any atom is 0.228 e. The number of nitrogens with zero attached hydrogens (tertiary/aromatic N) is 4. The fraction of sp³-hybridized carbons (Fsp3) is 0.647. The van der Waals surface area contributed by atoms with E-state index < -0.39 is 0 Å². The number of nitrogens with one attached hydrogen (secondary N) is 1. The molecule has 0 spiro atoms. The molecule has 1 aromatic rings. The van der Waals surface area contributed by atoms with Gasteiger partial charge in [0.2, 0.25) is 23.6 Å². The average molecular weight is 347 g/mol. The monoisotopic (exact) mass is 347 g/mol. The highest BCUT2D eigenvalue weighted by atomic mass is 16.5. The van der Waals surface area contributed by atoms with E-state index in [2.05, 4.69) is 20.2 Å². The van der Waals surface area contributed by atoms with Crippen LogP contribution in [0.2, 0.25) is 0 Å². The number of carbonyl (C=O) groups excluding carboxylic acids is 2. The third-order valence-electron chi connectivity index (χ3n) is 4.60. The fourth-order valence-electron chi connectivity index (χ4n) is 3.22. The van der Waals surface area contributed by atoms with Gasteiger partial charge in [-0.15, -0.1) is 0 Å². The molecule has 0 radical (unpaired) electrons. The Morgan fingerprint density at radius 1 is 1.32 bits per heavy atom. The Kier molecular flexibility index (Phi) is 5.35. The quantitative estimate of drug-likeness (QED) is 0.846. The number of anilines is 1. The predicted molar refractivity (Wildman–Crippen MR) is 92.5 cm³/mol. The molecule has 2 amide bonds. The number of aromatic nitrogens is 2. The predicted octanol–water partition coefficient (Wildman–Crippen LogP) is 0.359. The number of aryl methyl sites for hydroxylation is 1. The van der Waals surface area contributed by atoms with Crippen LogP contribution in [-0.4, -0.2) is 66.0 Å². The summed E-state index contributed by atoms with van der Waals surface area (Å²) in [6, 6.07) is 1.82. The van der Waals surface area contributed by atoms with Gasteiger partial charge in [0.1, 0.15) is 0 Å². The van der Waals surface area contributed by atoms with Crippen molar-refractivity contribution in [1.29, 1.82) is 0 Å². The van der Waals surface area contributed by atoms with E-state index in [4.69, 9.17) is 4.74 Å². The Hall–Kier alpha value is -2.38. The number of piperidine rings is 1. The Bertz CT molecular complexity index is 633. The lowest BCUT2D eigenvalue weighted by molar-refractivity contribution is -0.137. The number of ether oxygens (including phenoxy) is 1. The van der Waals surface area contributed by atoms with Gasteiger partial charge in [-0.05, 0) is 20.3 Å². The van der Waals surface area contributed by atoms with Crippen molar-refractivity contribution in [3.05, 3.63) is 11.8 Å². The van der Waals surface area contributed by atoms with Crippen LogP contribution in [0.3, 0.4) is 0 Å². The standard InChI is InChI=1S/C17H25N5O3/c1-3-25-15-10-12(2)19-17(20-15)22-8-6-21(7-9-22)16(24)13-4-5-14(23)18-11-13/h10,13H,3-9,11H2,1-2H3,(H,18,23)/t13-/m0/s1. The molecule has 0 saturated carbocycles. The lowest BCUT2D eigenvalue weighted by Crippen LogP contribution is -2.53. The summed E-state index contributed by atoms with van der Waals surface area (Å²) < 4.78 is 5.49. The minimum Gasteiger partial charge on any atom is -0.478 e. The van der Waals surface area contributed by atoms with Crippen molar-refractivity contribution < 1.29 is 14.3 Å². The van der Waals surface area contributed by atoms with E-state index in [0.717, 1.165) is 5.69 Å². The molecule has 3 heterocycles. The number of carbonyl (C=O) groups is 2. The molecule has 136 valence electrons. The van der Waals surface area contributed by atoms with E-state index in [1.165, 1.54) is 0 Å². The summed E-state index contributed by atoms with van der Waals surface area (Å²) in [6.45, 7) is 7.54. The van der Waals surface area contributed by atoms with Crippen LogP contribution < -0.4 is 15.0 Å². The van der Waals surface area contributed by atoms with E-state index in [1.54, 1.807) is 0 Å². The van der Waals surface area contributed by atoms with Crippen LogP contribution in [-0.2, 0) is 9.59 Å². The molecule has 0 unspecified atom stereocenters. The van der Waals surface area contributed by atoms with Crippen LogP contribution in [0.5, 0.6) is 5.88 Å². The number of hydrogen-bond donors (Lipinski definition) is 1. The van der Waals surface area contributed by atoms with Crippen LogP contribution in [0.4, 0.5) is 5.95 Å². The van der Waals surface area contributed by atoms with Crippen molar-refractivity contribution in [2.45, 2.75) is 26.7 Å². The smallest absolute Gasteiger partial charge is 0.228 e. The highest BCUT2D eigenvalue weighted by Gasteiger charge is 2.30. The highest BCUT2D eigenvalue weighted by Crippen LogP contribution is 2.19. The summed E-state index contributed by atoms with van der Waals surface area (Å²) in [5.74, 6) is 1.32. The third-order valence-corrected chi connectivity index (χ3v) is 4.60. The van der Waals surface area contributed by atoms with Crippen molar-refractivity contribution in [2.75, 3.05) is 44.2 Å². The second kappa shape index (κ2) is 7.67. The molecule has 1 aromatic heterocycles. The van der Waals surface area contributed by atoms with Gasteiger partial charge in [-0.25, -0.2) is 4.98 Å². The maximum atomic E-state index is 12.6. The lowest BCUT2D eigenvalue weighted by atomic mass is 9.97. The molecule has 8 heteroatoms. The Morgan fingerprint density at radius 2 is 2.08 bits per heavy atom. The molecular weight excluding hydrogens is 322 g/mol. The number of rotatable bonds is 4. The summed E-state index contributed by atoms with van der Waals surface area (Å²) in [7, 11) is 0. The Balaban J connectivity index is 1.58. The van der Waals surface area contributed by atoms with Gasteiger partial charge in [0.25, 0.3) is 0 Å². The molecule has 8 nitrogen and oxygen atoms in total. The zero-order valence-corrected chi connectivity index (χ0v) is 14.8. The van der Waals surface area contributed by atoms with Crippen LogP contribution in [0, 0.1) is 12.8 Å². The van der Waals surface area contributed by atoms with E-state index in [1.807, 2.05) is 24.8 Å². The molecule has 2 aliphatic heterocycles. The van der Waals surface area contributed by atoms with Crippen LogP contribution in [0.25, 0.3) is 0 Å². The van der Waals surface area contributed by atoms with Crippen LogP contribution >= 0.6 is 0 Å². The molecule has 0 aromatic carbocycles. The first-order chi connectivity index (χ1) is 12.1. The van der Waals surface area contributed by atoms with Crippen molar-refractivity contribution in [3.8, 4) is 5.88 Å². The minimum absolute atomic E-state index is 0.0376. The topological polar surface area (TPSA) is 87.7 Å². The summed E-state index contributed by atoms with van der Waals surface area (Å²) in [5, 5.41) is 2.78. The fourth-order valence-corrected chi connectivity index (χ4v) is 3.22. The largest absolute Gasteiger partial charge is 0.478 e. The van der Waals surface area contributed by atoms with Gasteiger partial charge in [-0.2, -0.15) is 4.98 Å². The summed E-state index contributed by atoms with van der Waals surface area (Å²) in [6.07, 6.45) is 1.08. The number of amides is 2. The van der Waals surface area contributed by atoms with Gasteiger partial charge < -0.3 is 19.9 Å². The van der Waals surface area contributed by atoms with Gasteiger partial charge in [-0.1, -0.05) is 0 Å². The zero-order chi connectivity index (χ0) is 17.8. The first-order valence-corrected chi connectivity index (χ1v) is 8.85. The summed E-state index contributed by atoms with van der Waals surface area (Å²) in [4.78, 5) is 36.8. The first-order valence-electron chi connectivity index (χ1n) is 8.85. The average Bonchev–Trinajstić information content (AvgIpc) is 2.62. The molecule has 2 saturated heterocycles. The Labute approximate surface area is 147 Å². The summed E-state index contributed by atoms with van der Waals surface area (Å²) >= 11 is 0. The van der Waals surface area contributed by atoms with Crippen molar-refractivity contribution in [1.82, 2.24) is 20.2 Å². The van der Waals surface area contributed by atoms with Gasteiger partial charge in [0, 0.05) is 50.9 Å². The van der Waals surface area contributed by atoms with E-state index in [9.17, 15) is 9.59 Å². The molecule has 0 aliphatic carbocycles. The van der Waals surface area contributed by atoms with Gasteiger partial charge in [0.15, 0.2) is 0 Å². The lowest BCUT2D eigenvalue weighted by Gasteiger charge is -2.37. The molecule has 1 atom stereocenters. The molecule has 1 N–H and O–H groups in total. The normalized spacial score (nSPS) is 21.0. The van der Waals surface area contributed by atoms with Crippen molar-refractivity contribution in [2.24, 2.45) is 5.92 Å². The molecule has 3 rings (SSSR count). The van der Waals surface area contributed by atoms with E-state index in [-0.39, 0.29) is 17.7 Å². The second-order valence-electron chi connectivity index (χ2n) is 6.43. The molecule has 2 aliphatic rings. The molecule has 2 fully saturated rings. The zero-order valence-electron chi connectivity index (χ0n) is 14.8. The SMILES string of the molecule is CCOc1cc(C)nc(N2CCN(C(=O)[C@H]3CCC(=O)NC3)CC2)n1. The van der Waals surface area contributed by atoms with Crippen LogP contribution in [0.15, 0.2) is 6.07 Å². The number of hydrogen-bond acceptors (Lipinski definition) is 6. The van der Waals surface area contributed by atoms with Gasteiger partial charge in [-0.3, -0.25) is 9.59 Å². The highest BCUT2D eigenvalue weighted by molar-refractivity contribution is 5.84. The molecule has 25 heavy (non-hydrogen) atoms.